The van der Waals surface area contributed by atoms with Crippen molar-refractivity contribution in [3.63, 3.8) is 0 Å². The molecule has 66 valence electrons. The van der Waals surface area contributed by atoms with Gasteiger partial charge >= 0.3 is 0 Å². The van der Waals surface area contributed by atoms with Crippen molar-refractivity contribution in [2.75, 3.05) is 6.61 Å². The monoisotopic (exact) mass is 169 g/mol. The van der Waals surface area contributed by atoms with E-state index in [-0.39, 0.29) is 12.0 Å². The summed E-state index contributed by atoms with van der Waals surface area (Å²) in [6, 6.07) is 2.81. The van der Waals surface area contributed by atoms with Crippen LogP contribution in [0.2, 0.25) is 0 Å². The van der Waals surface area contributed by atoms with Gasteiger partial charge in [-0.25, -0.2) is 0 Å². The molecule has 1 aromatic rings. The number of nitrogens with zero attached hydrogens (tertiary/aromatic N) is 1. The second-order valence-corrected chi connectivity index (χ2v) is 2.57. The fraction of sp³-hybridized carbons (Fsp3) is 0.375. The maximum absolute atomic E-state index is 10.7. The molecule has 0 radical (unpaired) electrons. The summed E-state index contributed by atoms with van der Waals surface area (Å²) in [5.41, 5.74) is -0.0651. The third kappa shape index (κ3) is 2.48. The number of pyridine rings is 1. The topological polar surface area (TPSA) is 62.5 Å². The fourth-order valence-corrected chi connectivity index (χ4v) is 0.866. The van der Waals surface area contributed by atoms with Crippen LogP contribution in [0.15, 0.2) is 29.3 Å². The lowest BCUT2D eigenvalue weighted by atomic mass is 10.3. The quantitative estimate of drug-likeness (QED) is 0.622. The summed E-state index contributed by atoms with van der Waals surface area (Å²) in [6.07, 6.45) is 2.37. The van der Waals surface area contributed by atoms with E-state index in [4.69, 9.17) is 10.2 Å². The highest BCUT2D eigenvalue weighted by Crippen LogP contribution is 1.89. The predicted molar refractivity (Wildman–Crippen MR) is 43.8 cm³/mol. The van der Waals surface area contributed by atoms with Crippen LogP contribution in [0.4, 0.5) is 0 Å². The van der Waals surface area contributed by atoms with Gasteiger partial charge < -0.3 is 14.8 Å². The van der Waals surface area contributed by atoms with Crippen LogP contribution in [-0.4, -0.2) is 27.5 Å². The molecule has 0 bridgehead atoms. The minimum Gasteiger partial charge on any atom is -0.394 e. The van der Waals surface area contributed by atoms with Crippen LogP contribution >= 0.6 is 0 Å². The molecule has 4 nitrogen and oxygen atoms in total. The van der Waals surface area contributed by atoms with Gasteiger partial charge in [-0.2, -0.15) is 0 Å². The molecule has 0 saturated heterocycles. The molecule has 4 heteroatoms. The normalized spacial score (nSPS) is 12.8. The Kier molecular flexibility index (Phi) is 3.01. The minimum absolute atomic E-state index is 0.0651. The lowest BCUT2D eigenvalue weighted by molar-refractivity contribution is 0.0811. The SMILES string of the molecule is O=c1ccn(CC(O)CO)cc1. The zero-order chi connectivity index (χ0) is 8.97. The molecule has 1 heterocycles. The number of rotatable bonds is 3. The van der Waals surface area contributed by atoms with E-state index in [2.05, 4.69) is 0 Å². The summed E-state index contributed by atoms with van der Waals surface area (Å²) in [6.45, 7) is 0.0307. The van der Waals surface area contributed by atoms with Crippen molar-refractivity contribution in [2.24, 2.45) is 0 Å². The Bertz CT molecular complexity index is 274. The molecule has 0 saturated carbocycles. The van der Waals surface area contributed by atoms with E-state index in [0.29, 0.717) is 6.54 Å². The van der Waals surface area contributed by atoms with Gasteiger partial charge in [-0.1, -0.05) is 0 Å². The van der Waals surface area contributed by atoms with E-state index >= 15 is 0 Å². The van der Waals surface area contributed by atoms with Gasteiger partial charge in [0.2, 0.25) is 0 Å². The summed E-state index contributed by atoms with van der Waals surface area (Å²) in [4.78, 5) is 10.7. The van der Waals surface area contributed by atoms with Crippen molar-refractivity contribution in [1.82, 2.24) is 4.57 Å². The number of hydrogen-bond acceptors (Lipinski definition) is 3. The Morgan fingerprint density at radius 3 is 2.50 bits per heavy atom. The van der Waals surface area contributed by atoms with E-state index in [9.17, 15) is 4.79 Å². The third-order valence-electron chi connectivity index (χ3n) is 1.49. The molecule has 0 aliphatic rings. The number of aromatic nitrogens is 1. The van der Waals surface area contributed by atoms with Crippen molar-refractivity contribution in [3.05, 3.63) is 34.7 Å². The van der Waals surface area contributed by atoms with E-state index in [1.807, 2.05) is 0 Å². The van der Waals surface area contributed by atoms with E-state index in [0.717, 1.165) is 0 Å². The first-order chi connectivity index (χ1) is 5.72. The zero-order valence-corrected chi connectivity index (χ0v) is 6.55. The van der Waals surface area contributed by atoms with Gasteiger partial charge in [0.1, 0.15) is 0 Å². The molecule has 1 aromatic heterocycles. The zero-order valence-electron chi connectivity index (χ0n) is 6.55. The van der Waals surface area contributed by atoms with Crippen molar-refractivity contribution < 1.29 is 10.2 Å². The van der Waals surface area contributed by atoms with Gasteiger partial charge in [-0.3, -0.25) is 4.79 Å². The summed E-state index contributed by atoms with van der Waals surface area (Å²) in [5.74, 6) is 0. The molecule has 0 aliphatic heterocycles. The molecular formula is C8H11NO3. The molecule has 1 rings (SSSR count). The molecule has 0 spiro atoms. The highest BCUT2D eigenvalue weighted by molar-refractivity contribution is 4.93. The van der Waals surface area contributed by atoms with Crippen LogP contribution in [0, 0.1) is 0 Å². The predicted octanol–water partition coefficient (Wildman–Crippen LogP) is -0.798. The van der Waals surface area contributed by atoms with Crippen LogP contribution in [0.3, 0.4) is 0 Å². The minimum atomic E-state index is -0.771. The maximum atomic E-state index is 10.7. The molecule has 1 unspecified atom stereocenters. The molecule has 12 heavy (non-hydrogen) atoms. The largest absolute Gasteiger partial charge is 0.394 e. The van der Waals surface area contributed by atoms with Crippen LogP contribution in [0.1, 0.15) is 0 Å². The van der Waals surface area contributed by atoms with Gasteiger partial charge in [-0.15, -0.1) is 0 Å². The van der Waals surface area contributed by atoms with Gasteiger partial charge in [0.05, 0.1) is 19.3 Å². The van der Waals surface area contributed by atoms with Crippen LogP contribution in [0.25, 0.3) is 0 Å². The Morgan fingerprint density at radius 2 is 2.00 bits per heavy atom. The summed E-state index contributed by atoms with van der Waals surface area (Å²) in [7, 11) is 0. The first-order valence-corrected chi connectivity index (χ1v) is 3.67. The fourth-order valence-electron chi connectivity index (χ4n) is 0.866. The van der Waals surface area contributed by atoms with Gasteiger partial charge in [0, 0.05) is 24.5 Å². The van der Waals surface area contributed by atoms with Gasteiger partial charge in [-0.05, 0) is 0 Å². The third-order valence-corrected chi connectivity index (χ3v) is 1.49. The van der Waals surface area contributed by atoms with Gasteiger partial charge in [0.15, 0.2) is 5.43 Å². The second kappa shape index (κ2) is 4.04. The molecule has 0 aromatic carbocycles. The van der Waals surface area contributed by atoms with E-state index < -0.39 is 6.10 Å². The van der Waals surface area contributed by atoms with Crippen LogP contribution < -0.4 is 5.43 Å². The standard InChI is InChI=1S/C8H11NO3/c10-6-8(12)5-9-3-1-7(11)2-4-9/h1-4,8,10,12H,5-6H2. The Labute approximate surface area is 69.7 Å². The smallest absolute Gasteiger partial charge is 0.181 e. The highest BCUT2D eigenvalue weighted by Gasteiger charge is 2.00. The molecule has 2 N–H and O–H groups in total. The Hall–Kier alpha value is -1.13. The lowest BCUT2D eigenvalue weighted by Gasteiger charge is -2.09. The Balaban J connectivity index is 2.64. The summed E-state index contributed by atoms with van der Waals surface area (Å²) in [5, 5.41) is 17.6. The second-order valence-electron chi connectivity index (χ2n) is 2.57. The van der Waals surface area contributed by atoms with Crippen LogP contribution in [0.5, 0.6) is 0 Å². The molecule has 0 fully saturated rings. The summed E-state index contributed by atoms with van der Waals surface area (Å²) >= 11 is 0. The van der Waals surface area contributed by atoms with Crippen molar-refractivity contribution in [2.45, 2.75) is 12.6 Å². The average Bonchev–Trinajstić information content (AvgIpc) is 2.09. The van der Waals surface area contributed by atoms with Crippen molar-refractivity contribution in [3.8, 4) is 0 Å². The van der Waals surface area contributed by atoms with Gasteiger partial charge in [0.25, 0.3) is 0 Å². The van der Waals surface area contributed by atoms with E-state index in [1.54, 1.807) is 17.0 Å². The average molecular weight is 169 g/mol. The molecule has 0 aliphatic carbocycles. The highest BCUT2D eigenvalue weighted by atomic mass is 16.3. The Morgan fingerprint density at radius 1 is 1.42 bits per heavy atom. The first kappa shape index (κ1) is 8.96. The number of hydrogen-bond donors (Lipinski definition) is 2. The van der Waals surface area contributed by atoms with Crippen LogP contribution in [-0.2, 0) is 6.54 Å². The first-order valence-electron chi connectivity index (χ1n) is 3.67. The van der Waals surface area contributed by atoms with E-state index in [1.165, 1.54) is 12.1 Å². The maximum Gasteiger partial charge on any atom is 0.181 e. The molecule has 1 atom stereocenters. The van der Waals surface area contributed by atoms with Crippen molar-refractivity contribution in [1.29, 1.82) is 0 Å². The number of aliphatic hydroxyl groups is 2. The van der Waals surface area contributed by atoms with Crippen molar-refractivity contribution >= 4 is 0 Å². The number of aliphatic hydroxyl groups excluding tert-OH is 2. The lowest BCUT2D eigenvalue weighted by Crippen LogP contribution is -2.20. The molecular weight excluding hydrogens is 158 g/mol. The molecule has 0 amide bonds. The summed E-state index contributed by atoms with van der Waals surface area (Å²) < 4.78 is 1.64.